The molecule has 152 valence electrons. The largest absolute Gasteiger partial charge is 0.507 e. The first-order valence-corrected chi connectivity index (χ1v) is 14.5. The van der Waals surface area contributed by atoms with Crippen molar-refractivity contribution in [3.8, 4) is 33.8 Å². The highest BCUT2D eigenvalue weighted by molar-refractivity contribution is 8.18. The first kappa shape index (κ1) is 20.5. The van der Waals surface area contributed by atoms with E-state index in [1.807, 2.05) is 84.9 Å². The lowest BCUT2D eigenvalue weighted by molar-refractivity contribution is 0.477. The molecule has 0 saturated heterocycles. The van der Waals surface area contributed by atoms with Gasteiger partial charge in [-0.25, -0.2) is 0 Å². The van der Waals surface area contributed by atoms with Gasteiger partial charge in [0, 0.05) is 16.7 Å². The molecule has 0 saturated carbocycles. The summed E-state index contributed by atoms with van der Waals surface area (Å²) in [6, 6.07) is 30.7. The van der Waals surface area contributed by atoms with Crippen LogP contribution in [0, 0.1) is 0 Å². The van der Waals surface area contributed by atoms with Gasteiger partial charge in [-0.15, -0.1) is 0 Å². The highest BCUT2D eigenvalue weighted by Gasteiger charge is 2.40. The number of hydrogen-bond acceptors (Lipinski definition) is 5. The van der Waals surface area contributed by atoms with Crippen molar-refractivity contribution in [2.24, 2.45) is 0 Å². The van der Waals surface area contributed by atoms with Crippen molar-refractivity contribution < 1.29 is 13.9 Å². The van der Waals surface area contributed by atoms with Crippen molar-refractivity contribution in [3.63, 3.8) is 0 Å². The van der Waals surface area contributed by atoms with Crippen LogP contribution in [-0.2, 0) is 27.9 Å². The zero-order valence-electron chi connectivity index (χ0n) is 16.2. The van der Waals surface area contributed by atoms with Crippen LogP contribution in [0.25, 0.3) is 22.3 Å². The molecule has 31 heavy (non-hydrogen) atoms. The third kappa shape index (κ3) is 3.74. The first-order chi connectivity index (χ1) is 15.1. The summed E-state index contributed by atoms with van der Waals surface area (Å²) in [5.74, 6) is 0.918. The van der Waals surface area contributed by atoms with E-state index < -0.39 is 13.4 Å². The molecule has 4 aromatic carbocycles. The second kappa shape index (κ2) is 8.27. The Hall–Kier alpha value is -2.39. The van der Waals surface area contributed by atoms with E-state index in [1.54, 1.807) is 12.1 Å². The van der Waals surface area contributed by atoms with Crippen molar-refractivity contribution in [1.29, 1.82) is 0 Å². The maximum Gasteiger partial charge on any atom is 0.386 e. The van der Waals surface area contributed by atoms with E-state index in [4.69, 9.17) is 32.4 Å². The van der Waals surface area contributed by atoms with Gasteiger partial charge >= 0.3 is 13.4 Å². The molecule has 1 N–H and O–H groups in total. The molecule has 7 heteroatoms. The molecule has 0 fully saturated rings. The van der Waals surface area contributed by atoms with Gasteiger partial charge in [0.05, 0.1) is 5.30 Å². The molecule has 0 spiro atoms. The predicted octanol–water partition coefficient (Wildman–Crippen LogP) is 6.25. The minimum Gasteiger partial charge on any atom is -0.507 e. The number of phenols is 1. The topological polar surface area (TPSA) is 38.7 Å². The Kier molecular flexibility index (Phi) is 5.47. The van der Waals surface area contributed by atoms with Crippen LogP contribution in [0.15, 0.2) is 97.1 Å². The molecule has 0 bridgehead atoms. The summed E-state index contributed by atoms with van der Waals surface area (Å²) in [6.07, 6.45) is 0. The normalized spacial score (nSPS) is 17.2. The summed E-state index contributed by atoms with van der Waals surface area (Å²) in [6.45, 7) is -4.41. The molecule has 2 atom stereocenters. The van der Waals surface area contributed by atoms with E-state index >= 15 is 0 Å². The lowest BCUT2D eigenvalue weighted by atomic mass is 10.0. The maximum atomic E-state index is 10.4. The Morgan fingerprint density at radius 2 is 1.29 bits per heavy atom. The summed E-state index contributed by atoms with van der Waals surface area (Å²) in [4.78, 5) is 0. The van der Waals surface area contributed by atoms with Gasteiger partial charge in [0.25, 0.3) is 0 Å². The summed E-state index contributed by atoms with van der Waals surface area (Å²) in [7, 11) is 0. The van der Waals surface area contributed by atoms with Crippen LogP contribution in [0.5, 0.6) is 11.5 Å². The van der Waals surface area contributed by atoms with Crippen LogP contribution < -0.4 is 15.1 Å². The minimum absolute atomic E-state index is 0.199. The second-order valence-electron chi connectivity index (χ2n) is 6.98. The second-order valence-corrected chi connectivity index (χ2v) is 12.7. The summed E-state index contributed by atoms with van der Waals surface area (Å²) < 4.78 is 12.8. The maximum absolute atomic E-state index is 10.4. The van der Waals surface area contributed by atoms with Crippen molar-refractivity contribution in [1.82, 2.24) is 0 Å². The number of aromatic hydroxyl groups is 1. The molecule has 3 nitrogen and oxygen atoms in total. The molecular weight excluding hydrogens is 462 g/mol. The average molecular weight is 479 g/mol. The molecule has 4 aromatic rings. The van der Waals surface area contributed by atoms with E-state index in [0.717, 1.165) is 33.0 Å². The van der Waals surface area contributed by atoms with Gasteiger partial charge in [-0.1, -0.05) is 71.0 Å². The Bertz CT molecular complexity index is 1370. The van der Waals surface area contributed by atoms with Gasteiger partial charge in [0.2, 0.25) is 17.1 Å². The van der Waals surface area contributed by atoms with E-state index in [0.29, 0.717) is 5.56 Å². The van der Waals surface area contributed by atoms with Crippen molar-refractivity contribution in [2.75, 3.05) is 0 Å². The third-order valence-corrected chi connectivity index (χ3v) is 11.3. The fourth-order valence-corrected chi connectivity index (χ4v) is 10.2. The molecule has 5 rings (SSSR count). The van der Waals surface area contributed by atoms with Crippen LogP contribution >= 0.6 is 13.4 Å². The van der Waals surface area contributed by atoms with E-state index in [-0.39, 0.29) is 5.75 Å². The molecule has 0 amide bonds. The highest BCUT2D eigenvalue weighted by Crippen LogP contribution is 2.60. The van der Waals surface area contributed by atoms with E-state index in [2.05, 4.69) is 0 Å². The van der Waals surface area contributed by atoms with Gasteiger partial charge in [0.1, 0.15) is 11.5 Å². The number of rotatable bonds is 4. The predicted molar refractivity (Wildman–Crippen MR) is 135 cm³/mol. The van der Waals surface area contributed by atoms with E-state index in [9.17, 15) is 5.11 Å². The molecule has 2 unspecified atom stereocenters. The quantitative estimate of drug-likeness (QED) is 0.350. The van der Waals surface area contributed by atoms with Crippen LogP contribution in [0.4, 0.5) is 0 Å². The molecule has 0 aliphatic carbocycles. The fourth-order valence-electron chi connectivity index (χ4n) is 3.65. The van der Waals surface area contributed by atoms with E-state index in [1.165, 1.54) is 0 Å². The van der Waals surface area contributed by atoms with Crippen molar-refractivity contribution in [2.45, 2.75) is 0 Å². The Balaban J connectivity index is 1.57. The summed E-state index contributed by atoms with van der Waals surface area (Å²) in [5, 5.41) is 12.1. The van der Waals surface area contributed by atoms with Gasteiger partial charge in [-0.2, -0.15) is 0 Å². The number of fused-ring (bicyclic) bond motifs is 3. The minimum atomic E-state index is -2.89. The van der Waals surface area contributed by atoms with Gasteiger partial charge in [0.15, 0.2) is 0 Å². The Morgan fingerprint density at radius 3 is 2.06 bits per heavy atom. The Morgan fingerprint density at radius 1 is 0.710 bits per heavy atom. The molecule has 0 radical (unpaired) electrons. The van der Waals surface area contributed by atoms with Gasteiger partial charge < -0.3 is 9.63 Å². The standard InChI is InChI=1S/C24H16O3P2S2/c25-21-13-5-1-9-17(21)19-11-3-7-15-23(19)28(30)27-29(31)24-16-8-4-12-20(24)18-10-2-6-14-22(18)26-29/h1-16H/p+1. The molecular formula is C24H17O3P2S2+. The monoisotopic (exact) mass is 479 g/mol. The molecule has 1 heterocycles. The van der Waals surface area contributed by atoms with Crippen LogP contribution in [0.2, 0.25) is 0 Å². The van der Waals surface area contributed by atoms with Gasteiger partial charge in [-0.3, -0.25) is 0 Å². The highest BCUT2D eigenvalue weighted by atomic mass is 32.5. The average Bonchev–Trinajstić information content (AvgIpc) is 2.79. The van der Waals surface area contributed by atoms with Crippen molar-refractivity contribution in [3.05, 3.63) is 97.1 Å². The Labute approximate surface area is 192 Å². The van der Waals surface area contributed by atoms with Crippen LogP contribution in [0.3, 0.4) is 0 Å². The number of para-hydroxylation sites is 2. The summed E-state index contributed by atoms with van der Waals surface area (Å²) >= 11 is 11.9. The number of benzene rings is 4. The third-order valence-electron chi connectivity index (χ3n) is 5.07. The number of hydrogen-bond donors (Lipinski definition) is 1. The fraction of sp³-hybridized carbons (Fsp3) is 0. The lowest BCUT2D eigenvalue weighted by Gasteiger charge is -2.27. The molecule has 1 aliphatic heterocycles. The van der Waals surface area contributed by atoms with Crippen LogP contribution in [-0.4, -0.2) is 5.11 Å². The van der Waals surface area contributed by atoms with Gasteiger partial charge in [-0.05, 0) is 47.7 Å². The number of phenolic OH excluding ortho intramolecular Hbond substituents is 1. The summed E-state index contributed by atoms with van der Waals surface area (Å²) in [5.41, 5.74) is 3.59. The lowest BCUT2D eigenvalue weighted by Crippen LogP contribution is -2.18. The SMILES string of the molecule is Oc1ccccc1-c1ccccc1[P+](=S)OP1(=S)Oc2ccccc2-c2ccccc21. The molecule has 1 aliphatic rings. The zero-order valence-corrected chi connectivity index (χ0v) is 19.6. The first-order valence-electron chi connectivity index (χ1n) is 9.60. The smallest absolute Gasteiger partial charge is 0.386 e. The zero-order chi connectivity index (χ0) is 21.4. The van der Waals surface area contributed by atoms with Crippen LogP contribution in [0.1, 0.15) is 0 Å². The molecule has 0 aromatic heterocycles. The van der Waals surface area contributed by atoms with Crippen molar-refractivity contribution >= 4 is 47.6 Å².